The summed E-state index contributed by atoms with van der Waals surface area (Å²) in [6, 6.07) is 2.15. The molecule has 6 nitrogen and oxygen atoms in total. The average Bonchev–Trinajstić information content (AvgIpc) is 2.35. The van der Waals surface area contributed by atoms with E-state index in [1.165, 1.54) is 0 Å². The Kier molecular flexibility index (Phi) is 5.99. The lowest BCUT2D eigenvalue weighted by Gasteiger charge is -2.05. The molecule has 0 bridgehead atoms. The summed E-state index contributed by atoms with van der Waals surface area (Å²) in [5.41, 5.74) is 0.352. The molecule has 0 saturated carbocycles. The van der Waals surface area contributed by atoms with E-state index >= 15 is 0 Å². The molecule has 0 heterocycles. The molecule has 0 aliphatic carbocycles. The highest BCUT2D eigenvalue weighted by molar-refractivity contribution is 6.02. The molecular weight excluding hydrogens is 286 g/mol. The van der Waals surface area contributed by atoms with E-state index < -0.39 is 29.5 Å². The maximum absolute atomic E-state index is 12.9. The number of hydrogen-bond acceptors (Lipinski definition) is 3. The number of nitrogens with one attached hydrogen (secondary N) is 2. The first-order valence-corrected chi connectivity index (χ1v) is 5.81. The van der Waals surface area contributed by atoms with Crippen LogP contribution in [-0.4, -0.2) is 29.6 Å². The van der Waals surface area contributed by atoms with Crippen LogP contribution in [0.25, 0.3) is 0 Å². The Morgan fingerprint density at radius 3 is 2.29 bits per heavy atom. The molecule has 0 aromatic heterocycles. The van der Waals surface area contributed by atoms with E-state index in [4.69, 9.17) is 5.11 Å². The van der Waals surface area contributed by atoms with E-state index in [9.17, 15) is 23.2 Å². The second-order valence-electron chi connectivity index (χ2n) is 3.94. The molecule has 3 amide bonds. The van der Waals surface area contributed by atoms with Gasteiger partial charge < -0.3 is 10.4 Å². The van der Waals surface area contributed by atoms with Crippen LogP contribution in [0.15, 0.2) is 30.4 Å². The molecule has 0 aliphatic heterocycles. The molecule has 3 N–H and O–H groups in total. The van der Waals surface area contributed by atoms with E-state index in [0.29, 0.717) is 17.7 Å². The normalized spacial score (nSPS) is 10.4. The molecule has 1 rings (SSSR count). The van der Waals surface area contributed by atoms with Gasteiger partial charge in [-0.2, -0.15) is 0 Å². The Bertz CT molecular complexity index is 567. The number of amides is 3. The van der Waals surface area contributed by atoms with E-state index in [-0.39, 0.29) is 13.0 Å². The van der Waals surface area contributed by atoms with Crippen LogP contribution in [0.1, 0.15) is 5.56 Å². The summed E-state index contributed by atoms with van der Waals surface area (Å²) in [5.74, 6) is -3.66. The van der Waals surface area contributed by atoms with Gasteiger partial charge in [0.1, 0.15) is 11.6 Å². The van der Waals surface area contributed by atoms with Crippen molar-refractivity contribution in [3.05, 3.63) is 47.5 Å². The van der Waals surface area contributed by atoms with Gasteiger partial charge in [0, 0.05) is 24.8 Å². The lowest BCUT2D eigenvalue weighted by Crippen LogP contribution is -2.39. The Morgan fingerprint density at radius 2 is 1.71 bits per heavy atom. The summed E-state index contributed by atoms with van der Waals surface area (Å²) in [6.45, 7) is 0.0463. The molecule has 1 aromatic carbocycles. The second-order valence-corrected chi connectivity index (χ2v) is 3.94. The molecule has 112 valence electrons. The first-order valence-electron chi connectivity index (χ1n) is 5.81. The van der Waals surface area contributed by atoms with Crippen LogP contribution in [0.2, 0.25) is 0 Å². The van der Waals surface area contributed by atoms with Crippen LogP contribution < -0.4 is 10.6 Å². The predicted octanol–water partition coefficient (Wildman–Crippen LogP) is 0.974. The van der Waals surface area contributed by atoms with E-state index in [0.717, 1.165) is 18.2 Å². The summed E-state index contributed by atoms with van der Waals surface area (Å²) in [4.78, 5) is 32.5. The smallest absolute Gasteiger partial charge is 0.328 e. The average molecular weight is 298 g/mol. The van der Waals surface area contributed by atoms with E-state index in [1.54, 1.807) is 0 Å². The number of benzene rings is 1. The van der Waals surface area contributed by atoms with Crippen molar-refractivity contribution in [2.45, 2.75) is 6.42 Å². The molecule has 0 saturated heterocycles. The van der Waals surface area contributed by atoms with Crippen molar-refractivity contribution in [2.24, 2.45) is 0 Å². The molecule has 21 heavy (non-hydrogen) atoms. The summed E-state index contributed by atoms with van der Waals surface area (Å²) in [7, 11) is 0. The monoisotopic (exact) mass is 298 g/mol. The number of halogens is 2. The third-order valence-corrected chi connectivity index (χ3v) is 2.24. The topological polar surface area (TPSA) is 95.5 Å². The molecular formula is C13H12F2N2O4. The summed E-state index contributed by atoms with van der Waals surface area (Å²) >= 11 is 0. The van der Waals surface area contributed by atoms with Gasteiger partial charge in [-0.05, 0) is 24.1 Å². The van der Waals surface area contributed by atoms with Crippen molar-refractivity contribution in [2.75, 3.05) is 6.54 Å². The largest absolute Gasteiger partial charge is 0.478 e. The lowest BCUT2D eigenvalue weighted by atomic mass is 10.1. The van der Waals surface area contributed by atoms with Gasteiger partial charge >= 0.3 is 12.0 Å². The zero-order chi connectivity index (χ0) is 15.8. The fourth-order valence-electron chi connectivity index (χ4n) is 1.42. The van der Waals surface area contributed by atoms with Crippen LogP contribution >= 0.6 is 0 Å². The Morgan fingerprint density at radius 1 is 1.10 bits per heavy atom. The quantitative estimate of drug-likeness (QED) is 0.706. The lowest BCUT2D eigenvalue weighted by molar-refractivity contribution is -0.131. The van der Waals surface area contributed by atoms with Gasteiger partial charge in [-0.3, -0.25) is 10.1 Å². The van der Waals surface area contributed by atoms with E-state index in [1.807, 2.05) is 5.32 Å². The zero-order valence-corrected chi connectivity index (χ0v) is 10.7. The van der Waals surface area contributed by atoms with Crippen LogP contribution in [0, 0.1) is 11.6 Å². The maximum Gasteiger partial charge on any atom is 0.328 e. The number of hydrogen-bond donors (Lipinski definition) is 3. The highest BCUT2D eigenvalue weighted by atomic mass is 19.1. The van der Waals surface area contributed by atoms with Crippen molar-refractivity contribution in [1.82, 2.24) is 10.6 Å². The van der Waals surface area contributed by atoms with Gasteiger partial charge in [0.25, 0.3) is 5.91 Å². The third-order valence-electron chi connectivity index (χ3n) is 2.24. The minimum Gasteiger partial charge on any atom is -0.478 e. The zero-order valence-electron chi connectivity index (χ0n) is 10.7. The molecule has 0 spiro atoms. The first kappa shape index (κ1) is 16.3. The van der Waals surface area contributed by atoms with Gasteiger partial charge in [-0.1, -0.05) is 0 Å². The van der Waals surface area contributed by atoms with Crippen LogP contribution in [-0.2, 0) is 16.0 Å². The van der Waals surface area contributed by atoms with Crippen LogP contribution in [0.4, 0.5) is 13.6 Å². The molecule has 0 aliphatic rings. The number of imide groups is 1. The third kappa shape index (κ3) is 6.81. The fraction of sp³-hybridized carbons (Fsp3) is 0.154. The summed E-state index contributed by atoms with van der Waals surface area (Å²) in [6.07, 6.45) is 1.43. The van der Waals surface area contributed by atoms with E-state index in [2.05, 4.69) is 5.32 Å². The number of carbonyl (C=O) groups is 3. The number of carboxylic acid groups (broad SMARTS) is 1. The highest BCUT2D eigenvalue weighted by Gasteiger charge is 2.05. The minimum atomic E-state index is -1.32. The Hall–Kier alpha value is -2.77. The first-order chi connectivity index (χ1) is 9.86. The number of carboxylic acids is 1. The van der Waals surface area contributed by atoms with Crippen molar-refractivity contribution in [3.63, 3.8) is 0 Å². The van der Waals surface area contributed by atoms with Crippen molar-refractivity contribution in [1.29, 1.82) is 0 Å². The molecule has 0 unspecified atom stereocenters. The van der Waals surface area contributed by atoms with Gasteiger partial charge in [-0.25, -0.2) is 18.4 Å². The molecule has 1 aromatic rings. The highest BCUT2D eigenvalue weighted by Crippen LogP contribution is 2.07. The standard InChI is InChI=1S/C13H12F2N2O4/c14-9-5-8(6-10(15)7-9)3-4-16-13(21)17-11(18)1-2-12(19)20/h1-2,5-7H,3-4H2,(H,19,20)(H2,16,17,18,21). The molecule has 0 fully saturated rings. The molecule has 8 heteroatoms. The van der Waals surface area contributed by atoms with Gasteiger partial charge in [-0.15, -0.1) is 0 Å². The molecule has 0 atom stereocenters. The number of urea groups is 1. The second kappa shape index (κ2) is 7.73. The number of rotatable bonds is 5. The van der Waals surface area contributed by atoms with Crippen LogP contribution in [0.3, 0.4) is 0 Å². The Labute approximate surface area is 118 Å². The number of carbonyl (C=O) groups excluding carboxylic acids is 2. The SMILES string of the molecule is O=C(O)C=CC(=O)NC(=O)NCCc1cc(F)cc(F)c1. The van der Waals surface area contributed by atoms with Gasteiger partial charge in [0.15, 0.2) is 0 Å². The van der Waals surface area contributed by atoms with Crippen LogP contribution in [0.5, 0.6) is 0 Å². The van der Waals surface area contributed by atoms with Crippen molar-refractivity contribution >= 4 is 17.9 Å². The number of aliphatic carboxylic acids is 1. The summed E-state index contributed by atoms with van der Waals surface area (Å²) in [5, 5.41) is 12.4. The molecule has 0 radical (unpaired) electrons. The fourth-order valence-corrected chi connectivity index (χ4v) is 1.42. The minimum absolute atomic E-state index is 0.0463. The summed E-state index contributed by atoms with van der Waals surface area (Å²) < 4.78 is 25.8. The van der Waals surface area contributed by atoms with Gasteiger partial charge in [0.2, 0.25) is 0 Å². The maximum atomic E-state index is 12.9. The van der Waals surface area contributed by atoms with Crippen molar-refractivity contribution < 1.29 is 28.3 Å². The predicted molar refractivity (Wildman–Crippen MR) is 68.4 cm³/mol. The van der Waals surface area contributed by atoms with Crippen molar-refractivity contribution in [3.8, 4) is 0 Å². The van der Waals surface area contributed by atoms with Gasteiger partial charge in [0.05, 0.1) is 0 Å². The Balaban J connectivity index is 2.36.